The van der Waals surface area contributed by atoms with E-state index in [2.05, 4.69) is 15.1 Å². The maximum Gasteiger partial charge on any atom is 0.274 e. The summed E-state index contributed by atoms with van der Waals surface area (Å²) in [5.41, 5.74) is 2.40. The van der Waals surface area contributed by atoms with Crippen LogP contribution in [0.4, 0.5) is 4.39 Å². The number of halogens is 1. The molecule has 1 N–H and O–H groups in total. The molecule has 0 aliphatic rings. The summed E-state index contributed by atoms with van der Waals surface area (Å²) in [6.07, 6.45) is 0.677. The van der Waals surface area contributed by atoms with E-state index in [1.807, 2.05) is 24.3 Å². The molecule has 0 saturated heterocycles. The number of aromatic nitrogens is 3. The highest BCUT2D eigenvalue weighted by molar-refractivity contribution is 5.85. The van der Waals surface area contributed by atoms with E-state index in [0.717, 1.165) is 27.9 Å². The number of amides is 1. The lowest BCUT2D eigenvalue weighted by atomic mass is 10.1. The number of rotatable bonds is 7. The standard InChI is InChI=1S/C22H21FN4O3/c1-27(21(28)11-14-3-6-16(23)7-4-14)10-9-20-25-22(30-26-20)19-12-15-5-8-17(29-2)13-18(15)24-19/h3-8,12-13,24H,9-11H2,1-2H3. The first kappa shape index (κ1) is 19.6. The maximum atomic E-state index is 13.0. The minimum Gasteiger partial charge on any atom is -0.497 e. The predicted molar refractivity (Wildman–Crippen MR) is 110 cm³/mol. The molecule has 0 aliphatic heterocycles. The SMILES string of the molecule is COc1ccc2cc(-c3nc(CCN(C)C(=O)Cc4ccc(F)cc4)no3)[nH]c2c1. The fraction of sp³-hybridized carbons (Fsp3) is 0.227. The minimum atomic E-state index is -0.318. The summed E-state index contributed by atoms with van der Waals surface area (Å²) in [5.74, 6) is 1.29. The average molecular weight is 408 g/mol. The third-order valence-electron chi connectivity index (χ3n) is 4.89. The Morgan fingerprint density at radius 3 is 2.77 bits per heavy atom. The second-order valence-corrected chi connectivity index (χ2v) is 7.02. The number of carbonyl (C=O) groups is 1. The molecule has 154 valence electrons. The molecular weight excluding hydrogens is 387 g/mol. The molecule has 0 atom stereocenters. The summed E-state index contributed by atoms with van der Waals surface area (Å²) in [6, 6.07) is 13.6. The van der Waals surface area contributed by atoms with Crippen LogP contribution in [0.5, 0.6) is 5.75 Å². The zero-order valence-corrected chi connectivity index (χ0v) is 16.7. The Hall–Kier alpha value is -3.68. The van der Waals surface area contributed by atoms with Gasteiger partial charge >= 0.3 is 0 Å². The minimum absolute atomic E-state index is 0.0603. The normalized spacial score (nSPS) is 11.0. The Bertz CT molecular complexity index is 1170. The van der Waals surface area contributed by atoms with Crippen LogP contribution in [0.15, 0.2) is 53.1 Å². The molecule has 0 spiro atoms. The number of fused-ring (bicyclic) bond motifs is 1. The van der Waals surface area contributed by atoms with Crippen molar-refractivity contribution >= 4 is 16.8 Å². The second kappa shape index (κ2) is 8.36. The van der Waals surface area contributed by atoms with Crippen molar-refractivity contribution in [2.24, 2.45) is 0 Å². The van der Waals surface area contributed by atoms with Crippen LogP contribution >= 0.6 is 0 Å². The van der Waals surface area contributed by atoms with Crippen molar-refractivity contribution in [2.45, 2.75) is 12.8 Å². The van der Waals surface area contributed by atoms with Crippen LogP contribution < -0.4 is 4.74 Å². The van der Waals surface area contributed by atoms with Gasteiger partial charge in [-0.1, -0.05) is 17.3 Å². The van der Waals surface area contributed by atoms with Crippen LogP contribution in [0.3, 0.4) is 0 Å². The number of methoxy groups -OCH3 is 1. The number of H-pyrrole nitrogens is 1. The van der Waals surface area contributed by atoms with Gasteiger partial charge in [0, 0.05) is 37.0 Å². The van der Waals surface area contributed by atoms with Gasteiger partial charge in [0.2, 0.25) is 5.91 Å². The summed E-state index contributed by atoms with van der Waals surface area (Å²) in [5, 5.41) is 5.02. The van der Waals surface area contributed by atoms with Crippen molar-refractivity contribution in [3.8, 4) is 17.3 Å². The van der Waals surface area contributed by atoms with Crippen molar-refractivity contribution in [3.63, 3.8) is 0 Å². The highest BCUT2D eigenvalue weighted by Gasteiger charge is 2.15. The molecule has 0 radical (unpaired) electrons. The second-order valence-electron chi connectivity index (χ2n) is 7.02. The maximum absolute atomic E-state index is 13.0. The first-order valence-corrected chi connectivity index (χ1v) is 9.50. The van der Waals surface area contributed by atoms with Gasteiger partial charge in [-0.25, -0.2) is 4.39 Å². The lowest BCUT2D eigenvalue weighted by Crippen LogP contribution is -2.30. The van der Waals surface area contributed by atoms with Gasteiger partial charge in [0.1, 0.15) is 17.3 Å². The molecule has 2 aromatic heterocycles. The third kappa shape index (κ3) is 4.32. The van der Waals surface area contributed by atoms with Gasteiger partial charge in [-0.2, -0.15) is 4.98 Å². The highest BCUT2D eigenvalue weighted by Crippen LogP contribution is 2.26. The number of hydrogen-bond donors (Lipinski definition) is 1. The van der Waals surface area contributed by atoms with Crippen LogP contribution in [-0.2, 0) is 17.6 Å². The molecular formula is C22H21FN4O3. The Morgan fingerprint density at radius 1 is 1.20 bits per heavy atom. The summed E-state index contributed by atoms with van der Waals surface area (Å²) in [6.45, 7) is 0.447. The number of nitrogens with one attached hydrogen (secondary N) is 1. The Balaban J connectivity index is 1.37. The Labute approximate surface area is 172 Å². The van der Waals surface area contributed by atoms with Gasteiger partial charge in [-0.05, 0) is 35.9 Å². The largest absolute Gasteiger partial charge is 0.497 e. The number of nitrogens with zero attached hydrogens (tertiary/aromatic N) is 3. The fourth-order valence-electron chi connectivity index (χ4n) is 3.12. The van der Waals surface area contributed by atoms with Crippen LogP contribution in [0.2, 0.25) is 0 Å². The Kier molecular flexibility index (Phi) is 5.47. The molecule has 4 rings (SSSR count). The van der Waals surface area contributed by atoms with E-state index in [4.69, 9.17) is 9.26 Å². The third-order valence-corrected chi connectivity index (χ3v) is 4.89. The topological polar surface area (TPSA) is 84.2 Å². The van der Waals surface area contributed by atoms with Crippen molar-refractivity contribution in [3.05, 3.63) is 65.7 Å². The van der Waals surface area contributed by atoms with E-state index >= 15 is 0 Å². The quantitative estimate of drug-likeness (QED) is 0.505. The lowest BCUT2D eigenvalue weighted by molar-refractivity contribution is -0.129. The van der Waals surface area contributed by atoms with Gasteiger partial charge in [0.15, 0.2) is 5.82 Å². The van der Waals surface area contributed by atoms with Gasteiger partial charge in [-0.3, -0.25) is 4.79 Å². The van der Waals surface area contributed by atoms with Gasteiger partial charge < -0.3 is 19.1 Å². The summed E-state index contributed by atoms with van der Waals surface area (Å²) in [7, 11) is 3.34. The molecule has 7 nitrogen and oxygen atoms in total. The van der Waals surface area contributed by atoms with E-state index < -0.39 is 0 Å². The number of carbonyl (C=O) groups excluding carboxylic acids is 1. The van der Waals surface area contributed by atoms with Gasteiger partial charge in [0.05, 0.1) is 13.5 Å². The first-order chi connectivity index (χ1) is 14.5. The van der Waals surface area contributed by atoms with Crippen molar-refractivity contribution in [1.82, 2.24) is 20.0 Å². The van der Waals surface area contributed by atoms with Crippen molar-refractivity contribution in [1.29, 1.82) is 0 Å². The molecule has 2 aromatic carbocycles. The van der Waals surface area contributed by atoms with Crippen LogP contribution in [0, 0.1) is 5.82 Å². The number of aromatic amines is 1. The number of likely N-dealkylation sites (N-methyl/N-ethyl adjacent to an activating group) is 1. The monoisotopic (exact) mass is 408 g/mol. The molecule has 8 heteroatoms. The molecule has 0 unspecified atom stereocenters. The summed E-state index contributed by atoms with van der Waals surface area (Å²) < 4.78 is 23.6. The molecule has 30 heavy (non-hydrogen) atoms. The predicted octanol–water partition coefficient (Wildman–Crippen LogP) is 3.61. The summed E-state index contributed by atoms with van der Waals surface area (Å²) >= 11 is 0. The van der Waals surface area contributed by atoms with Crippen LogP contribution in [0.25, 0.3) is 22.5 Å². The lowest BCUT2D eigenvalue weighted by Gasteiger charge is -2.16. The average Bonchev–Trinajstić information content (AvgIpc) is 3.39. The highest BCUT2D eigenvalue weighted by atomic mass is 19.1. The molecule has 4 aromatic rings. The van der Waals surface area contributed by atoms with Crippen molar-refractivity contribution in [2.75, 3.05) is 20.7 Å². The van der Waals surface area contributed by atoms with Gasteiger partial charge in [0.25, 0.3) is 5.89 Å². The van der Waals surface area contributed by atoms with Crippen molar-refractivity contribution < 1.29 is 18.4 Å². The number of hydrogen-bond acceptors (Lipinski definition) is 5. The number of benzene rings is 2. The number of ether oxygens (including phenoxy) is 1. The van der Waals surface area contributed by atoms with E-state index in [-0.39, 0.29) is 18.1 Å². The zero-order chi connectivity index (χ0) is 21.1. The van der Waals surface area contributed by atoms with Crippen LogP contribution in [-0.4, -0.2) is 46.6 Å². The van der Waals surface area contributed by atoms with E-state index in [1.54, 1.807) is 31.2 Å². The van der Waals surface area contributed by atoms with Gasteiger partial charge in [-0.15, -0.1) is 0 Å². The molecule has 2 heterocycles. The molecule has 0 bridgehead atoms. The zero-order valence-electron chi connectivity index (χ0n) is 16.7. The van der Waals surface area contributed by atoms with E-state index in [9.17, 15) is 9.18 Å². The molecule has 0 saturated carbocycles. The van der Waals surface area contributed by atoms with Crippen LogP contribution in [0.1, 0.15) is 11.4 Å². The Morgan fingerprint density at radius 2 is 2.00 bits per heavy atom. The smallest absolute Gasteiger partial charge is 0.274 e. The molecule has 1 amide bonds. The molecule has 0 fully saturated rings. The summed E-state index contributed by atoms with van der Waals surface area (Å²) in [4.78, 5) is 21.6. The molecule has 0 aliphatic carbocycles. The first-order valence-electron chi connectivity index (χ1n) is 9.50. The van der Waals surface area contributed by atoms with E-state index in [1.165, 1.54) is 12.1 Å². The fourth-order valence-corrected chi connectivity index (χ4v) is 3.12. The van der Waals surface area contributed by atoms with E-state index in [0.29, 0.717) is 24.7 Å².